The summed E-state index contributed by atoms with van der Waals surface area (Å²) in [5, 5.41) is 12.0. The second kappa shape index (κ2) is 10.1. The molecule has 0 aliphatic carbocycles. The molecule has 1 rings (SSSR count). The van der Waals surface area contributed by atoms with E-state index in [9.17, 15) is 0 Å². The summed E-state index contributed by atoms with van der Waals surface area (Å²) in [7, 11) is 0. The molecule has 0 bridgehead atoms. The molecule has 2 N–H and O–H groups in total. The Bertz CT molecular complexity index is 147. The molecule has 0 aromatic heterocycles. The van der Waals surface area contributed by atoms with Crippen molar-refractivity contribution in [1.29, 1.82) is 0 Å². The Hall–Kier alpha value is -0.120. The molecule has 1 atom stereocenters. The van der Waals surface area contributed by atoms with E-state index in [-0.39, 0.29) is 0 Å². The van der Waals surface area contributed by atoms with Crippen LogP contribution >= 0.6 is 0 Å². The quantitative estimate of drug-likeness (QED) is 0.594. The van der Waals surface area contributed by atoms with Gasteiger partial charge in [0.05, 0.1) is 0 Å². The molecule has 1 unspecified atom stereocenters. The van der Waals surface area contributed by atoms with E-state index >= 15 is 0 Å². The van der Waals surface area contributed by atoms with Crippen LogP contribution in [0, 0.1) is 5.92 Å². The second-order valence-corrected chi connectivity index (χ2v) is 4.75. The van der Waals surface area contributed by atoms with Crippen LogP contribution in [-0.4, -0.2) is 38.0 Å². The van der Waals surface area contributed by atoms with Crippen LogP contribution in [0.4, 0.5) is 0 Å². The summed E-state index contributed by atoms with van der Waals surface area (Å²) in [5.41, 5.74) is 0. The first-order valence-electron chi connectivity index (χ1n) is 6.83. The number of hydrogen-bond donors (Lipinski definition) is 2. The molecule has 0 aromatic rings. The first-order valence-corrected chi connectivity index (χ1v) is 6.83. The summed E-state index contributed by atoms with van der Waals surface area (Å²) in [6.07, 6.45) is 8.30. The molecule has 3 nitrogen and oxygen atoms in total. The van der Waals surface area contributed by atoms with Crippen molar-refractivity contribution in [3.8, 4) is 0 Å². The van der Waals surface area contributed by atoms with Gasteiger partial charge in [-0.25, -0.2) is 0 Å². The van der Waals surface area contributed by atoms with Gasteiger partial charge in [0.25, 0.3) is 0 Å². The first kappa shape index (κ1) is 13.9. The molecule has 0 saturated carbocycles. The highest BCUT2D eigenvalue weighted by Gasteiger charge is 2.11. The van der Waals surface area contributed by atoms with Gasteiger partial charge in [-0.05, 0) is 51.1 Å². The Kier molecular flexibility index (Phi) is 8.77. The molecular weight excluding hydrogens is 202 g/mol. The zero-order valence-corrected chi connectivity index (χ0v) is 10.4. The molecule has 1 saturated heterocycles. The van der Waals surface area contributed by atoms with Gasteiger partial charge in [-0.1, -0.05) is 12.8 Å². The van der Waals surface area contributed by atoms with Crippen LogP contribution in [0.2, 0.25) is 0 Å². The lowest BCUT2D eigenvalue weighted by atomic mass is 9.97. The summed E-state index contributed by atoms with van der Waals surface area (Å²) in [4.78, 5) is 0. The highest BCUT2D eigenvalue weighted by atomic mass is 16.5. The van der Waals surface area contributed by atoms with Gasteiger partial charge in [-0.15, -0.1) is 0 Å². The van der Waals surface area contributed by atoms with Crippen molar-refractivity contribution in [3.63, 3.8) is 0 Å². The van der Waals surface area contributed by atoms with Crippen LogP contribution in [0.15, 0.2) is 0 Å². The fraction of sp³-hybridized carbons (Fsp3) is 1.00. The van der Waals surface area contributed by atoms with Crippen LogP contribution in [0.5, 0.6) is 0 Å². The van der Waals surface area contributed by atoms with Gasteiger partial charge in [0.15, 0.2) is 0 Å². The zero-order chi connectivity index (χ0) is 11.5. The number of piperidine rings is 1. The Labute approximate surface area is 99.6 Å². The Morgan fingerprint density at radius 1 is 1.12 bits per heavy atom. The molecule has 16 heavy (non-hydrogen) atoms. The van der Waals surface area contributed by atoms with Crippen molar-refractivity contribution in [1.82, 2.24) is 5.32 Å². The molecule has 0 aromatic carbocycles. The predicted octanol–water partition coefficient (Wildman–Crippen LogP) is 1.95. The van der Waals surface area contributed by atoms with Crippen LogP contribution in [0.25, 0.3) is 0 Å². The monoisotopic (exact) mass is 229 g/mol. The van der Waals surface area contributed by atoms with E-state index < -0.39 is 0 Å². The van der Waals surface area contributed by atoms with E-state index in [2.05, 4.69) is 5.32 Å². The minimum atomic E-state index is 0.329. The maximum absolute atomic E-state index is 8.61. The molecule has 1 aliphatic heterocycles. The van der Waals surface area contributed by atoms with Gasteiger partial charge in [0.1, 0.15) is 0 Å². The Balaban J connectivity index is 1.77. The van der Waals surface area contributed by atoms with Gasteiger partial charge in [0.2, 0.25) is 0 Å². The molecule has 1 aliphatic rings. The number of nitrogens with one attached hydrogen (secondary N) is 1. The third-order valence-electron chi connectivity index (χ3n) is 3.27. The number of aliphatic hydroxyl groups excluding tert-OH is 1. The van der Waals surface area contributed by atoms with Crippen LogP contribution in [0.3, 0.4) is 0 Å². The largest absolute Gasteiger partial charge is 0.396 e. The first-order chi connectivity index (χ1) is 7.93. The van der Waals surface area contributed by atoms with Crippen molar-refractivity contribution in [2.45, 2.75) is 44.9 Å². The van der Waals surface area contributed by atoms with Crippen LogP contribution in [-0.2, 0) is 4.74 Å². The van der Waals surface area contributed by atoms with Gasteiger partial charge >= 0.3 is 0 Å². The molecule has 1 heterocycles. The van der Waals surface area contributed by atoms with E-state index in [0.717, 1.165) is 38.4 Å². The fourth-order valence-electron chi connectivity index (χ4n) is 2.19. The lowest BCUT2D eigenvalue weighted by Crippen LogP contribution is -2.30. The van der Waals surface area contributed by atoms with Gasteiger partial charge in [0, 0.05) is 19.8 Å². The molecule has 0 spiro atoms. The molecule has 3 heteroatoms. The van der Waals surface area contributed by atoms with Crippen molar-refractivity contribution in [3.05, 3.63) is 0 Å². The number of aliphatic hydroxyl groups is 1. The molecule has 96 valence electrons. The van der Waals surface area contributed by atoms with Crippen molar-refractivity contribution < 1.29 is 9.84 Å². The maximum Gasteiger partial charge on any atom is 0.0469 e. The second-order valence-electron chi connectivity index (χ2n) is 4.75. The lowest BCUT2D eigenvalue weighted by Gasteiger charge is -2.22. The number of rotatable bonds is 9. The Morgan fingerprint density at radius 3 is 2.75 bits per heavy atom. The average molecular weight is 229 g/mol. The van der Waals surface area contributed by atoms with Gasteiger partial charge in [-0.2, -0.15) is 0 Å². The number of unbranched alkanes of at least 4 members (excludes halogenated alkanes) is 3. The normalized spacial score (nSPS) is 21.2. The minimum absolute atomic E-state index is 0.329. The highest BCUT2D eigenvalue weighted by molar-refractivity contribution is 4.68. The summed E-state index contributed by atoms with van der Waals surface area (Å²) in [6.45, 7) is 4.52. The van der Waals surface area contributed by atoms with Crippen molar-refractivity contribution in [2.75, 3.05) is 32.9 Å². The predicted molar refractivity (Wildman–Crippen MR) is 66.6 cm³/mol. The average Bonchev–Trinajstić information content (AvgIpc) is 2.34. The molecular formula is C13H27NO2. The number of ether oxygens (including phenoxy) is 1. The van der Waals surface area contributed by atoms with Gasteiger partial charge in [-0.3, -0.25) is 0 Å². The SMILES string of the molecule is OCCCCCCOCCC1CCCNC1. The van der Waals surface area contributed by atoms with E-state index in [1.165, 1.54) is 38.8 Å². The summed E-state index contributed by atoms with van der Waals surface area (Å²) < 4.78 is 5.63. The van der Waals surface area contributed by atoms with Crippen molar-refractivity contribution >= 4 is 0 Å². The molecule has 0 amide bonds. The summed E-state index contributed by atoms with van der Waals surface area (Å²) in [5.74, 6) is 0.836. The Morgan fingerprint density at radius 2 is 2.00 bits per heavy atom. The van der Waals surface area contributed by atoms with Crippen LogP contribution < -0.4 is 5.32 Å². The van der Waals surface area contributed by atoms with Gasteiger partial charge < -0.3 is 15.2 Å². The van der Waals surface area contributed by atoms with Crippen molar-refractivity contribution in [2.24, 2.45) is 5.92 Å². The standard InChI is InChI=1S/C13H27NO2/c15-9-3-1-2-4-10-16-11-7-13-6-5-8-14-12-13/h13-15H,1-12H2. The van der Waals surface area contributed by atoms with E-state index in [4.69, 9.17) is 9.84 Å². The number of hydrogen-bond acceptors (Lipinski definition) is 3. The zero-order valence-electron chi connectivity index (χ0n) is 10.4. The smallest absolute Gasteiger partial charge is 0.0469 e. The summed E-state index contributed by atoms with van der Waals surface area (Å²) in [6, 6.07) is 0. The minimum Gasteiger partial charge on any atom is -0.396 e. The lowest BCUT2D eigenvalue weighted by molar-refractivity contribution is 0.112. The van der Waals surface area contributed by atoms with Crippen LogP contribution in [0.1, 0.15) is 44.9 Å². The highest BCUT2D eigenvalue weighted by Crippen LogP contribution is 2.13. The fourth-order valence-corrected chi connectivity index (χ4v) is 2.19. The molecule has 1 fully saturated rings. The van der Waals surface area contributed by atoms with E-state index in [0.29, 0.717) is 6.61 Å². The maximum atomic E-state index is 8.61. The third kappa shape index (κ3) is 7.20. The molecule has 0 radical (unpaired) electrons. The topological polar surface area (TPSA) is 41.5 Å². The van der Waals surface area contributed by atoms with E-state index in [1.807, 2.05) is 0 Å². The third-order valence-corrected chi connectivity index (χ3v) is 3.27. The summed E-state index contributed by atoms with van der Waals surface area (Å²) >= 11 is 0. The van der Waals surface area contributed by atoms with E-state index in [1.54, 1.807) is 0 Å².